The summed E-state index contributed by atoms with van der Waals surface area (Å²) in [4.78, 5) is 23.6. The lowest BCUT2D eigenvalue weighted by atomic mass is 10.1. The second kappa shape index (κ2) is 8.34. The van der Waals surface area contributed by atoms with E-state index in [1.54, 1.807) is 42.5 Å². The lowest BCUT2D eigenvalue weighted by Crippen LogP contribution is -2.15. The molecule has 0 aliphatic rings. The number of nitriles is 1. The van der Waals surface area contributed by atoms with Crippen molar-refractivity contribution in [2.75, 3.05) is 10.6 Å². The van der Waals surface area contributed by atoms with Gasteiger partial charge in [-0.25, -0.2) is 0 Å². The van der Waals surface area contributed by atoms with Crippen molar-refractivity contribution in [1.29, 1.82) is 5.26 Å². The number of halogens is 2. The zero-order valence-electron chi connectivity index (χ0n) is 13.1. The molecule has 1 amide bonds. The number of para-hydroxylation sites is 1. The highest BCUT2D eigenvalue weighted by atomic mass is 35.5. The Morgan fingerprint density at radius 2 is 1.76 bits per heavy atom. The second-order valence-electron chi connectivity index (χ2n) is 5.00. The van der Waals surface area contributed by atoms with Crippen molar-refractivity contribution in [2.45, 2.75) is 6.92 Å². The van der Waals surface area contributed by atoms with Gasteiger partial charge in [0.1, 0.15) is 11.6 Å². The van der Waals surface area contributed by atoms with E-state index in [0.717, 1.165) is 0 Å². The summed E-state index contributed by atoms with van der Waals surface area (Å²) in [6.07, 6.45) is 1.22. The number of hydrogen-bond donors (Lipinski definition) is 2. The number of amides is 1. The first-order chi connectivity index (χ1) is 11.9. The van der Waals surface area contributed by atoms with Crippen LogP contribution < -0.4 is 10.6 Å². The average molecular weight is 374 g/mol. The van der Waals surface area contributed by atoms with E-state index in [2.05, 4.69) is 10.6 Å². The van der Waals surface area contributed by atoms with Gasteiger partial charge in [-0.3, -0.25) is 9.59 Å². The zero-order chi connectivity index (χ0) is 18.4. The van der Waals surface area contributed by atoms with E-state index < -0.39 is 5.91 Å². The molecule has 0 fully saturated rings. The van der Waals surface area contributed by atoms with Crippen molar-refractivity contribution in [3.63, 3.8) is 0 Å². The van der Waals surface area contributed by atoms with E-state index in [9.17, 15) is 14.9 Å². The third-order valence-electron chi connectivity index (χ3n) is 3.22. The molecule has 2 aromatic carbocycles. The minimum atomic E-state index is -0.626. The Bertz CT molecular complexity index is 881. The summed E-state index contributed by atoms with van der Waals surface area (Å²) in [6.45, 7) is 1.43. The molecule has 5 nitrogen and oxygen atoms in total. The van der Waals surface area contributed by atoms with Crippen LogP contribution >= 0.6 is 23.2 Å². The van der Waals surface area contributed by atoms with Gasteiger partial charge in [-0.1, -0.05) is 41.4 Å². The van der Waals surface area contributed by atoms with Gasteiger partial charge in [0.05, 0.1) is 15.7 Å². The molecule has 0 saturated carbocycles. The van der Waals surface area contributed by atoms with Gasteiger partial charge >= 0.3 is 0 Å². The Hall–Kier alpha value is -2.81. The smallest absolute Gasteiger partial charge is 0.267 e. The van der Waals surface area contributed by atoms with Gasteiger partial charge in [-0.2, -0.15) is 5.26 Å². The number of anilines is 2. The molecule has 0 aromatic heterocycles. The summed E-state index contributed by atoms with van der Waals surface area (Å²) < 4.78 is 0. The Balaban J connectivity index is 2.17. The van der Waals surface area contributed by atoms with Crippen LogP contribution in [0.3, 0.4) is 0 Å². The van der Waals surface area contributed by atoms with Gasteiger partial charge in [-0.15, -0.1) is 0 Å². The van der Waals surface area contributed by atoms with Gasteiger partial charge < -0.3 is 10.6 Å². The number of carbonyl (C=O) groups excluding carboxylic acids is 2. The molecule has 0 heterocycles. The Morgan fingerprint density at radius 1 is 1.12 bits per heavy atom. The number of hydrogen-bond acceptors (Lipinski definition) is 4. The number of ketones is 1. The van der Waals surface area contributed by atoms with Crippen LogP contribution in [0.1, 0.15) is 17.3 Å². The Labute approximate surface area is 154 Å². The molecule has 0 aliphatic carbocycles. The molecule has 7 heteroatoms. The maximum Gasteiger partial charge on any atom is 0.267 e. The van der Waals surface area contributed by atoms with Crippen LogP contribution in [0, 0.1) is 11.3 Å². The summed E-state index contributed by atoms with van der Waals surface area (Å²) in [5, 5.41) is 15.2. The molecule has 2 aromatic rings. The maximum atomic E-state index is 12.2. The first-order valence-electron chi connectivity index (χ1n) is 7.15. The lowest BCUT2D eigenvalue weighted by molar-refractivity contribution is -0.112. The molecule has 126 valence electrons. The third-order valence-corrected chi connectivity index (χ3v) is 3.85. The minimum Gasteiger partial charge on any atom is -0.358 e. The molecular weight excluding hydrogens is 361 g/mol. The fraction of sp³-hybridized carbons (Fsp3) is 0.0556. The van der Waals surface area contributed by atoms with Gasteiger partial charge in [0.2, 0.25) is 0 Å². The van der Waals surface area contributed by atoms with Crippen molar-refractivity contribution in [3.8, 4) is 6.07 Å². The van der Waals surface area contributed by atoms with Crippen molar-refractivity contribution in [3.05, 3.63) is 69.8 Å². The first-order valence-corrected chi connectivity index (χ1v) is 7.91. The molecule has 0 saturated heterocycles. The Kier molecular flexibility index (Phi) is 6.18. The number of rotatable bonds is 5. The number of nitrogens with zero attached hydrogens (tertiary/aromatic N) is 1. The van der Waals surface area contributed by atoms with Gasteiger partial charge in [-0.05, 0) is 31.2 Å². The minimum absolute atomic E-state index is 0.123. The molecular formula is C18H13Cl2N3O2. The summed E-state index contributed by atoms with van der Waals surface area (Å²) in [5.41, 5.74) is 1.09. The predicted octanol–water partition coefficient (Wildman–Crippen LogP) is 4.65. The summed E-state index contributed by atoms with van der Waals surface area (Å²) in [7, 11) is 0. The van der Waals surface area contributed by atoms with E-state index in [-0.39, 0.29) is 11.4 Å². The van der Waals surface area contributed by atoms with Crippen LogP contribution in [0.15, 0.2) is 54.2 Å². The van der Waals surface area contributed by atoms with Crippen molar-refractivity contribution in [2.24, 2.45) is 0 Å². The molecule has 25 heavy (non-hydrogen) atoms. The first kappa shape index (κ1) is 18.5. The molecule has 0 unspecified atom stereocenters. The van der Waals surface area contributed by atoms with Gasteiger partial charge in [0, 0.05) is 17.5 Å². The maximum absolute atomic E-state index is 12.2. The molecule has 2 N–H and O–H groups in total. The van der Waals surface area contributed by atoms with Crippen molar-refractivity contribution >= 4 is 46.3 Å². The van der Waals surface area contributed by atoms with Gasteiger partial charge in [0.25, 0.3) is 5.91 Å². The fourth-order valence-electron chi connectivity index (χ4n) is 1.94. The quantitative estimate of drug-likeness (QED) is 0.453. The van der Waals surface area contributed by atoms with Crippen molar-refractivity contribution < 1.29 is 9.59 Å². The third kappa shape index (κ3) is 4.83. The van der Waals surface area contributed by atoms with Crippen LogP contribution in [0.5, 0.6) is 0 Å². The topological polar surface area (TPSA) is 82.0 Å². The Morgan fingerprint density at radius 3 is 2.36 bits per heavy atom. The molecule has 2 rings (SSSR count). The van der Waals surface area contributed by atoms with E-state index in [0.29, 0.717) is 27.0 Å². The number of benzene rings is 2. The van der Waals surface area contributed by atoms with E-state index in [4.69, 9.17) is 23.2 Å². The SMILES string of the molecule is CC(=O)c1cccc(NC(=O)/C(C#N)=C\Nc2c(Cl)cccc2Cl)c1. The van der Waals surface area contributed by atoms with Crippen LogP contribution in [0.2, 0.25) is 10.0 Å². The van der Waals surface area contributed by atoms with Crippen LogP contribution in [0.25, 0.3) is 0 Å². The fourth-order valence-corrected chi connectivity index (χ4v) is 2.45. The zero-order valence-corrected chi connectivity index (χ0v) is 14.7. The summed E-state index contributed by atoms with van der Waals surface area (Å²) >= 11 is 12.0. The van der Waals surface area contributed by atoms with E-state index in [1.807, 2.05) is 0 Å². The molecule has 0 bridgehead atoms. The standard InChI is InChI=1S/C18H13Cl2N3O2/c1-11(24)12-4-2-5-14(8-12)23-18(25)13(9-21)10-22-17-15(19)6-3-7-16(17)20/h2-8,10,22H,1H3,(H,23,25)/b13-10-. The van der Waals surface area contributed by atoms with E-state index >= 15 is 0 Å². The normalized spacial score (nSPS) is 10.7. The van der Waals surface area contributed by atoms with Crippen molar-refractivity contribution in [1.82, 2.24) is 0 Å². The van der Waals surface area contributed by atoms with E-state index in [1.165, 1.54) is 19.2 Å². The highest BCUT2D eigenvalue weighted by molar-refractivity contribution is 6.39. The van der Waals surface area contributed by atoms with Crippen LogP contribution in [-0.2, 0) is 4.79 Å². The molecule has 0 radical (unpaired) electrons. The summed E-state index contributed by atoms with van der Waals surface area (Å²) in [6, 6.07) is 13.2. The second-order valence-corrected chi connectivity index (χ2v) is 5.82. The predicted molar refractivity (Wildman–Crippen MR) is 98.9 cm³/mol. The molecule has 0 aliphatic heterocycles. The molecule has 0 spiro atoms. The number of Topliss-reactive ketones (excluding diaryl/α,β-unsaturated/α-hetero) is 1. The highest BCUT2D eigenvalue weighted by Crippen LogP contribution is 2.29. The highest BCUT2D eigenvalue weighted by Gasteiger charge is 2.11. The number of carbonyl (C=O) groups is 2. The lowest BCUT2D eigenvalue weighted by Gasteiger charge is -2.08. The average Bonchev–Trinajstić information content (AvgIpc) is 2.57. The summed E-state index contributed by atoms with van der Waals surface area (Å²) in [5.74, 6) is -0.749. The largest absolute Gasteiger partial charge is 0.358 e. The van der Waals surface area contributed by atoms with Gasteiger partial charge in [0.15, 0.2) is 5.78 Å². The van der Waals surface area contributed by atoms with Crippen LogP contribution in [0.4, 0.5) is 11.4 Å². The molecule has 0 atom stereocenters. The van der Waals surface area contributed by atoms with Crippen LogP contribution in [-0.4, -0.2) is 11.7 Å². The number of nitrogens with one attached hydrogen (secondary N) is 2. The monoisotopic (exact) mass is 373 g/mol.